The Balaban J connectivity index is 1.32. The number of benzene rings is 2. The van der Waals surface area contributed by atoms with Gasteiger partial charge in [-0.25, -0.2) is 0 Å². The van der Waals surface area contributed by atoms with E-state index in [1.54, 1.807) is 0 Å². The van der Waals surface area contributed by atoms with Crippen molar-refractivity contribution in [1.82, 2.24) is 0 Å². The van der Waals surface area contributed by atoms with E-state index in [9.17, 15) is 9.00 Å². The smallest absolute Gasteiger partial charge is 0.224 e. The van der Waals surface area contributed by atoms with Crippen molar-refractivity contribution in [2.75, 3.05) is 23.4 Å². The Morgan fingerprint density at radius 3 is 2.69 bits per heavy atom. The second-order valence-corrected chi connectivity index (χ2v) is 8.20. The molecular formula is C21H25NO3S. The van der Waals surface area contributed by atoms with Crippen LogP contribution in [0.25, 0.3) is 0 Å². The number of amides is 1. The average Bonchev–Trinajstić information content (AvgIpc) is 2.67. The summed E-state index contributed by atoms with van der Waals surface area (Å²) in [4.78, 5) is 11.4. The molecule has 2 aromatic carbocycles. The molecule has 0 spiro atoms. The van der Waals surface area contributed by atoms with Gasteiger partial charge in [0, 0.05) is 34.4 Å². The zero-order chi connectivity index (χ0) is 18.2. The lowest BCUT2D eigenvalue weighted by atomic mass is 10.0. The summed E-state index contributed by atoms with van der Waals surface area (Å²) in [6.07, 6.45) is 3.97. The molecule has 0 aliphatic carbocycles. The van der Waals surface area contributed by atoms with Crippen LogP contribution in [0.1, 0.15) is 30.4 Å². The van der Waals surface area contributed by atoms with Crippen molar-refractivity contribution < 1.29 is 13.7 Å². The van der Waals surface area contributed by atoms with Crippen LogP contribution >= 0.6 is 0 Å². The predicted molar refractivity (Wildman–Crippen MR) is 106 cm³/mol. The predicted octanol–water partition coefficient (Wildman–Crippen LogP) is 3.72. The second kappa shape index (κ2) is 9.53. The summed E-state index contributed by atoms with van der Waals surface area (Å²) in [5.74, 6) is 2.37. The van der Waals surface area contributed by atoms with Gasteiger partial charge in [0.2, 0.25) is 5.91 Å². The standard InChI is InChI=1S/C21H25NO3S/c23-21-11-8-18-16-19(9-10-20(18)22-21)25-13-4-5-14-26(24)15-12-17-6-2-1-3-7-17/h1-3,6-7,9-10,16H,4-5,8,11-15H2,(H,22,23). The summed E-state index contributed by atoms with van der Waals surface area (Å²) >= 11 is 0. The van der Waals surface area contributed by atoms with Crippen molar-refractivity contribution in [1.29, 1.82) is 0 Å². The zero-order valence-corrected chi connectivity index (χ0v) is 15.7. The fraction of sp³-hybridized carbons (Fsp3) is 0.381. The fourth-order valence-corrected chi connectivity index (χ4v) is 4.18. The van der Waals surface area contributed by atoms with Gasteiger partial charge in [0.25, 0.3) is 0 Å². The van der Waals surface area contributed by atoms with E-state index in [0.29, 0.717) is 13.0 Å². The van der Waals surface area contributed by atoms with E-state index < -0.39 is 10.8 Å². The van der Waals surface area contributed by atoms with Crippen molar-refractivity contribution in [2.45, 2.75) is 32.1 Å². The van der Waals surface area contributed by atoms with Crippen LogP contribution in [-0.4, -0.2) is 28.2 Å². The molecule has 0 fully saturated rings. The van der Waals surface area contributed by atoms with E-state index in [1.807, 2.05) is 36.4 Å². The molecule has 1 N–H and O–H groups in total. The van der Waals surface area contributed by atoms with Gasteiger partial charge in [-0.1, -0.05) is 30.3 Å². The monoisotopic (exact) mass is 371 g/mol. The molecule has 2 aromatic rings. The van der Waals surface area contributed by atoms with Gasteiger partial charge in [0.05, 0.1) is 6.61 Å². The van der Waals surface area contributed by atoms with Gasteiger partial charge in [-0.15, -0.1) is 0 Å². The minimum absolute atomic E-state index is 0.0754. The molecule has 0 saturated heterocycles. The Bertz CT molecular complexity index is 761. The highest BCUT2D eigenvalue weighted by Gasteiger charge is 2.14. The molecule has 0 aromatic heterocycles. The van der Waals surface area contributed by atoms with E-state index in [2.05, 4.69) is 17.4 Å². The van der Waals surface area contributed by atoms with Crippen LogP contribution in [0.5, 0.6) is 5.75 Å². The Labute approximate surface area is 157 Å². The Kier molecular flexibility index (Phi) is 6.83. The normalized spacial score (nSPS) is 14.4. The summed E-state index contributed by atoms with van der Waals surface area (Å²) in [7, 11) is -0.769. The molecule has 3 rings (SSSR count). The first-order chi connectivity index (χ1) is 12.7. The molecule has 4 nitrogen and oxygen atoms in total. The van der Waals surface area contributed by atoms with Gasteiger partial charge in [-0.2, -0.15) is 0 Å². The maximum absolute atomic E-state index is 12.1. The van der Waals surface area contributed by atoms with Gasteiger partial charge >= 0.3 is 0 Å². The molecule has 5 heteroatoms. The first kappa shape index (κ1) is 18.6. The van der Waals surface area contributed by atoms with Crippen molar-refractivity contribution >= 4 is 22.4 Å². The van der Waals surface area contributed by atoms with Crippen molar-refractivity contribution in [3.63, 3.8) is 0 Å². The van der Waals surface area contributed by atoms with E-state index in [4.69, 9.17) is 4.74 Å². The summed E-state index contributed by atoms with van der Waals surface area (Å²) < 4.78 is 17.9. The number of hydrogen-bond donors (Lipinski definition) is 1. The lowest BCUT2D eigenvalue weighted by Gasteiger charge is -2.17. The van der Waals surface area contributed by atoms with E-state index in [1.165, 1.54) is 5.56 Å². The van der Waals surface area contributed by atoms with Crippen LogP contribution in [0.4, 0.5) is 5.69 Å². The van der Waals surface area contributed by atoms with Crippen molar-refractivity contribution in [3.05, 3.63) is 59.7 Å². The van der Waals surface area contributed by atoms with Crippen LogP contribution in [0.15, 0.2) is 48.5 Å². The molecule has 138 valence electrons. The van der Waals surface area contributed by atoms with Gasteiger partial charge in [0.15, 0.2) is 0 Å². The van der Waals surface area contributed by atoms with Crippen LogP contribution < -0.4 is 10.1 Å². The Hall–Kier alpha value is -2.14. The van der Waals surface area contributed by atoms with Crippen molar-refractivity contribution in [3.8, 4) is 5.75 Å². The quantitative estimate of drug-likeness (QED) is 0.684. The number of carbonyl (C=O) groups is 1. The van der Waals surface area contributed by atoms with Crippen LogP contribution in [0.3, 0.4) is 0 Å². The largest absolute Gasteiger partial charge is 0.494 e. The molecule has 1 atom stereocenters. The average molecular weight is 372 g/mol. The highest BCUT2D eigenvalue weighted by molar-refractivity contribution is 7.84. The molecule has 26 heavy (non-hydrogen) atoms. The first-order valence-corrected chi connectivity index (χ1v) is 10.6. The number of fused-ring (bicyclic) bond motifs is 1. The molecule has 1 aliphatic rings. The summed E-state index contributed by atoms with van der Waals surface area (Å²) in [6.45, 7) is 0.626. The Morgan fingerprint density at radius 1 is 1.00 bits per heavy atom. The van der Waals surface area contributed by atoms with Gasteiger partial charge in [0.1, 0.15) is 5.75 Å². The molecule has 0 radical (unpaired) electrons. The van der Waals surface area contributed by atoms with E-state index in [0.717, 1.165) is 54.2 Å². The molecule has 0 saturated carbocycles. The maximum atomic E-state index is 12.1. The number of rotatable bonds is 9. The number of ether oxygens (including phenoxy) is 1. The van der Waals surface area contributed by atoms with E-state index in [-0.39, 0.29) is 5.91 Å². The van der Waals surface area contributed by atoms with Crippen molar-refractivity contribution in [2.24, 2.45) is 0 Å². The number of nitrogens with one attached hydrogen (secondary N) is 1. The summed E-state index contributed by atoms with van der Waals surface area (Å²) in [5, 5.41) is 2.87. The van der Waals surface area contributed by atoms with Crippen LogP contribution in [-0.2, 0) is 28.4 Å². The first-order valence-electron chi connectivity index (χ1n) is 9.15. The number of aryl methyl sites for hydroxylation is 2. The van der Waals surface area contributed by atoms with Gasteiger partial charge in [-0.05, 0) is 55.0 Å². The third-order valence-electron chi connectivity index (χ3n) is 4.47. The Morgan fingerprint density at radius 2 is 1.85 bits per heavy atom. The minimum Gasteiger partial charge on any atom is -0.494 e. The highest BCUT2D eigenvalue weighted by atomic mass is 32.2. The summed E-state index contributed by atoms with van der Waals surface area (Å²) in [6, 6.07) is 16.0. The van der Waals surface area contributed by atoms with Gasteiger partial charge in [-0.3, -0.25) is 9.00 Å². The lowest BCUT2D eigenvalue weighted by Crippen LogP contribution is -2.18. The van der Waals surface area contributed by atoms with E-state index >= 15 is 0 Å². The number of hydrogen-bond acceptors (Lipinski definition) is 3. The molecule has 1 amide bonds. The second-order valence-electron chi connectivity index (χ2n) is 6.51. The maximum Gasteiger partial charge on any atom is 0.224 e. The minimum atomic E-state index is -0.769. The molecule has 1 aliphatic heterocycles. The lowest BCUT2D eigenvalue weighted by molar-refractivity contribution is -0.116. The zero-order valence-electron chi connectivity index (χ0n) is 14.9. The highest BCUT2D eigenvalue weighted by Crippen LogP contribution is 2.26. The molecule has 1 heterocycles. The molecule has 0 bridgehead atoms. The summed E-state index contributed by atoms with van der Waals surface area (Å²) in [5.41, 5.74) is 3.26. The third kappa shape index (κ3) is 5.70. The number of carbonyl (C=O) groups excluding carboxylic acids is 1. The van der Waals surface area contributed by atoms with Gasteiger partial charge < -0.3 is 10.1 Å². The molecular weight excluding hydrogens is 346 g/mol. The fourth-order valence-electron chi connectivity index (χ4n) is 2.98. The van der Waals surface area contributed by atoms with Crippen LogP contribution in [0, 0.1) is 0 Å². The SMILES string of the molecule is O=C1CCc2cc(OCCCCS(=O)CCc3ccccc3)ccc2N1. The van der Waals surface area contributed by atoms with Crippen LogP contribution in [0.2, 0.25) is 0 Å². The topological polar surface area (TPSA) is 55.4 Å². The number of unbranched alkanes of at least 4 members (excludes halogenated alkanes) is 1. The molecule has 1 unspecified atom stereocenters. The third-order valence-corrected chi connectivity index (χ3v) is 5.87. The number of anilines is 1.